The highest BCUT2D eigenvalue weighted by molar-refractivity contribution is 7.90. The summed E-state index contributed by atoms with van der Waals surface area (Å²) in [6, 6.07) is 7.70. The van der Waals surface area contributed by atoms with Gasteiger partial charge in [0.25, 0.3) is 10.0 Å². The van der Waals surface area contributed by atoms with E-state index in [1.807, 2.05) is 4.72 Å². The number of rotatable bonds is 5. The fourth-order valence-electron chi connectivity index (χ4n) is 1.05. The van der Waals surface area contributed by atoms with Crippen LogP contribution in [0.15, 0.2) is 35.2 Å². The van der Waals surface area contributed by atoms with E-state index >= 15 is 0 Å². The second kappa shape index (κ2) is 5.62. The van der Waals surface area contributed by atoms with Crippen molar-refractivity contribution in [3.8, 4) is 0 Å². The molecule has 6 heteroatoms. The summed E-state index contributed by atoms with van der Waals surface area (Å²) in [7, 11) is -3.76. The summed E-state index contributed by atoms with van der Waals surface area (Å²) < 4.78 is 25.2. The zero-order valence-corrected chi connectivity index (χ0v) is 9.41. The molecule has 0 saturated heterocycles. The molecule has 0 aromatic heterocycles. The van der Waals surface area contributed by atoms with E-state index in [0.717, 1.165) is 0 Å². The van der Waals surface area contributed by atoms with Crippen LogP contribution < -0.4 is 10.5 Å². The second-order valence-electron chi connectivity index (χ2n) is 3.06. The number of nitrogens with two attached hydrogens (primary N) is 1. The highest BCUT2D eigenvalue weighted by atomic mass is 32.2. The van der Waals surface area contributed by atoms with Gasteiger partial charge in [-0.2, -0.15) is 0 Å². The van der Waals surface area contributed by atoms with Gasteiger partial charge in [0.2, 0.25) is 5.91 Å². The first-order valence-corrected chi connectivity index (χ1v) is 6.19. The van der Waals surface area contributed by atoms with E-state index in [0.29, 0.717) is 13.0 Å². The van der Waals surface area contributed by atoms with Gasteiger partial charge in [0, 0.05) is 0 Å². The Kier molecular flexibility index (Phi) is 4.45. The molecule has 87 valence electrons. The zero-order valence-electron chi connectivity index (χ0n) is 8.59. The Hall–Kier alpha value is -1.40. The topological polar surface area (TPSA) is 89.3 Å². The van der Waals surface area contributed by atoms with Crippen LogP contribution in [0.2, 0.25) is 0 Å². The van der Waals surface area contributed by atoms with Gasteiger partial charge >= 0.3 is 0 Å². The molecule has 1 aromatic carbocycles. The van der Waals surface area contributed by atoms with E-state index in [4.69, 9.17) is 5.73 Å². The molecule has 0 unspecified atom stereocenters. The molecule has 0 aliphatic heterocycles. The third kappa shape index (κ3) is 3.63. The summed E-state index contributed by atoms with van der Waals surface area (Å²) in [5.74, 6) is -0.658. The summed E-state index contributed by atoms with van der Waals surface area (Å²) >= 11 is 0. The average molecular weight is 241 g/mol. The molecular weight excluding hydrogens is 228 g/mol. The minimum Gasteiger partial charge on any atom is -0.330 e. The molecule has 0 fully saturated rings. The minimum absolute atomic E-state index is 0.0597. The lowest BCUT2D eigenvalue weighted by atomic mass is 10.3. The molecular formula is C10H13N2O3S. The van der Waals surface area contributed by atoms with Gasteiger partial charge < -0.3 is 5.73 Å². The van der Waals surface area contributed by atoms with Gasteiger partial charge in [-0.05, 0) is 25.1 Å². The lowest BCUT2D eigenvalue weighted by Gasteiger charge is -2.05. The fourth-order valence-corrected chi connectivity index (χ4v) is 2.03. The third-order valence-corrected chi connectivity index (χ3v) is 3.15. The minimum atomic E-state index is -3.76. The SMILES string of the molecule is NCC[CH]C(=O)NS(=O)(=O)c1ccccc1. The van der Waals surface area contributed by atoms with Crippen LogP contribution in [0, 0.1) is 6.42 Å². The van der Waals surface area contributed by atoms with Crippen molar-refractivity contribution in [3.05, 3.63) is 36.8 Å². The molecule has 0 aliphatic rings. The number of carbonyl (C=O) groups is 1. The maximum atomic E-state index is 11.6. The molecule has 1 amide bonds. The lowest BCUT2D eigenvalue weighted by Crippen LogP contribution is -2.31. The number of hydrogen-bond acceptors (Lipinski definition) is 4. The average Bonchev–Trinajstić information content (AvgIpc) is 2.27. The fraction of sp³-hybridized carbons (Fsp3) is 0.200. The monoisotopic (exact) mass is 241 g/mol. The van der Waals surface area contributed by atoms with E-state index in [1.165, 1.54) is 18.6 Å². The molecule has 1 aromatic rings. The normalized spacial score (nSPS) is 11.1. The standard InChI is InChI=1S/C10H13N2O3S/c11-8-4-7-10(13)12-16(14,15)9-5-2-1-3-6-9/h1-3,5-7H,4,8,11H2,(H,12,13). The molecule has 1 radical (unpaired) electrons. The summed E-state index contributed by atoms with van der Waals surface area (Å²) in [5, 5.41) is 0. The molecule has 0 bridgehead atoms. The Morgan fingerprint density at radius 3 is 2.50 bits per heavy atom. The number of amides is 1. The number of sulfonamides is 1. The maximum Gasteiger partial charge on any atom is 0.264 e. The second-order valence-corrected chi connectivity index (χ2v) is 4.75. The van der Waals surface area contributed by atoms with Crippen molar-refractivity contribution >= 4 is 15.9 Å². The molecule has 0 aliphatic carbocycles. The Labute approximate surface area is 94.7 Å². The van der Waals surface area contributed by atoms with Gasteiger partial charge in [0.15, 0.2) is 0 Å². The number of nitrogens with one attached hydrogen (secondary N) is 1. The van der Waals surface area contributed by atoms with E-state index in [2.05, 4.69) is 0 Å². The van der Waals surface area contributed by atoms with Crippen LogP contribution in [-0.2, 0) is 14.8 Å². The van der Waals surface area contributed by atoms with Crippen molar-refractivity contribution in [2.24, 2.45) is 5.73 Å². The predicted molar refractivity (Wildman–Crippen MR) is 59.7 cm³/mol. The summed E-state index contributed by atoms with van der Waals surface area (Å²) in [4.78, 5) is 11.2. The first-order chi connectivity index (χ1) is 7.56. The zero-order chi connectivity index (χ0) is 12.0. The molecule has 16 heavy (non-hydrogen) atoms. The van der Waals surface area contributed by atoms with Crippen molar-refractivity contribution in [2.75, 3.05) is 6.54 Å². The Bertz CT molecular complexity index is 442. The van der Waals surface area contributed by atoms with Crippen molar-refractivity contribution < 1.29 is 13.2 Å². The molecule has 0 saturated carbocycles. The maximum absolute atomic E-state index is 11.6. The number of benzene rings is 1. The van der Waals surface area contributed by atoms with E-state index < -0.39 is 15.9 Å². The molecule has 3 N–H and O–H groups in total. The van der Waals surface area contributed by atoms with Crippen LogP contribution >= 0.6 is 0 Å². The van der Waals surface area contributed by atoms with Gasteiger partial charge in [-0.15, -0.1) is 0 Å². The third-order valence-electron chi connectivity index (χ3n) is 1.78. The number of carbonyl (C=O) groups excluding carboxylic acids is 1. The van der Waals surface area contributed by atoms with Gasteiger partial charge in [-0.3, -0.25) is 4.79 Å². The summed E-state index contributed by atoms with van der Waals surface area (Å²) in [6.45, 7) is 0.304. The van der Waals surface area contributed by atoms with Crippen LogP contribution in [0.1, 0.15) is 6.42 Å². The number of hydrogen-bond donors (Lipinski definition) is 2. The molecule has 0 spiro atoms. The lowest BCUT2D eigenvalue weighted by molar-refractivity contribution is -0.116. The van der Waals surface area contributed by atoms with Crippen LogP contribution in [0.5, 0.6) is 0 Å². The first kappa shape index (κ1) is 12.7. The van der Waals surface area contributed by atoms with Crippen LogP contribution in [0.25, 0.3) is 0 Å². The Morgan fingerprint density at radius 1 is 1.31 bits per heavy atom. The highest BCUT2D eigenvalue weighted by Crippen LogP contribution is 2.07. The molecule has 0 atom stereocenters. The van der Waals surface area contributed by atoms with Gasteiger partial charge in [0.05, 0.1) is 11.3 Å². The van der Waals surface area contributed by atoms with Crippen molar-refractivity contribution in [1.82, 2.24) is 4.72 Å². The largest absolute Gasteiger partial charge is 0.330 e. The molecule has 5 nitrogen and oxygen atoms in total. The smallest absolute Gasteiger partial charge is 0.264 e. The Morgan fingerprint density at radius 2 is 1.94 bits per heavy atom. The summed E-state index contributed by atoms with van der Waals surface area (Å²) in [5.41, 5.74) is 5.19. The van der Waals surface area contributed by atoms with Crippen molar-refractivity contribution in [2.45, 2.75) is 11.3 Å². The van der Waals surface area contributed by atoms with Gasteiger partial charge in [-0.25, -0.2) is 13.1 Å². The highest BCUT2D eigenvalue weighted by Gasteiger charge is 2.16. The Balaban J connectivity index is 2.70. The van der Waals surface area contributed by atoms with Gasteiger partial charge in [-0.1, -0.05) is 18.2 Å². The van der Waals surface area contributed by atoms with Crippen LogP contribution in [0.3, 0.4) is 0 Å². The first-order valence-electron chi connectivity index (χ1n) is 4.71. The van der Waals surface area contributed by atoms with Crippen LogP contribution in [0.4, 0.5) is 0 Å². The van der Waals surface area contributed by atoms with E-state index in [9.17, 15) is 13.2 Å². The van der Waals surface area contributed by atoms with Crippen LogP contribution in [-0.4, -0.2) is 20.9 Å². The molecule has 1 rings (SSSR count). The van der Waals surface area contributed by atoms with Crippen molar-refractivity contribution in [3.63, 3.8) is 0 Å². The van der Waals surface area contributed by atoms with Gasteiger partial charge in [0.1, 0.15) is 0 Å². The quantitative estimate of drug-likeness (QED) is 0.762. The van der Waals surface area contributed by atoms with E-state index in [1.54, 1.807) is 18.2 Å². The van der Waals surface area contributed by atoms with Crippen molar-refractivity contribution in [1.29, 1.82) is 0 Å². The van der Waals surface area contributed by atoms with E-state index in [-0.39, 0.29) is 4.90 Å². The summed E-state index contributed by atoms with van der Waals surface area (Å²) in [6.07, 6.45) is 1.55. The molecule has 0 heterocycles. The predicted octanol–water partition coefficient (Wildman–Crippen LogP) is 0.0446.